The molecule has 6 rings (SSSR count). The Labute approximate surface area is 193 Å². The molecule has 4 aromatic rings. The molecule has 0 saturated carbocycles. The topological polar surface area (TPSA) is 43.1 Å². The lowest BCUT2D eigenvalue weighted by molar-refractivity contribution is 0.225. The fraction of sp³-hybridized carbons (Fsp3) is 0.308. The van der Waals surface area contributed by atoms with Gasteiger partial charge >= 0.3 is 0 Å². The summed E-state index contributed by atoms with van der Waals surface area (Å²) < 4.78 is 4.08. The van der Waals surface area contributed by atoms with Crippen LogP contribution < -0.4 is 5.56 Å². The first-order valence-corrected chi connectivity index (χ1v) is 11.1. The Morgan fingerprint density at radius 1 is 1.06 bits per heavy atom. The molecular formula is C26H27ClN4O. The van der Waals surface area contributed by atoms with Gasteiger partial charge in [-0.05, 0) is 61.7 Å². The summed E-state index contributed by atoms with van der Waals surface area (Å²) >= 11 is 0. The van der Waals surface area contributed by atoms with Crippen LogP contribution in [0.2, 0.25) is 0 Å². The first kappa shape index (κ1) is 21.0. The highest BCUT2D eigenvalue weighted by Gasteiger charge is 2.32. The summed E-state index contributed by atoms with van der Waals surface area (Å²) in [5.74, 6) is 0. The third-order valence-electron chi connectivity index (χ3n) is 7.15. The predicted molar refractivity (Wildman–Crippen MR) is 131 cm³/mol. The highest BCUT2D eigenvalue weighted by atomic mass is 35.5. The number of halogens is 1. The smallest absolute Gasteiger partial charge is 0.255 e. The van der Waals surface area contributed by atoms with Crippen molar-refractivity contribution in [2.75, 3.05) is 6.54 Å². The van der Waals surface area contributed by atoms with Gasteiger partial charge in [-0.1, -0.05) is 12.1 Å². The molecule has 0 bridgehead atoms. The van der Waals surface area contributed by atoms with Crippen LogP contribution in [0.25, 0.3) is 27.7 Å². The van der Waals surface area contributed by atoms with Crippen LogP contribution in [0.3, 0.4) is 0 Å². The molecule has 1 saturated heterocycles. The second kappa shape index (κ2) is 7.91. The highest BCUT2D eigenvalue weighted by molar-refractivity contribution is 5.87. The van der Waals surface area contributed by atoms with Gasteiger partial charge in [-0.25, -0.2) is 0 Å². The van der Waals surface area contributed by atoms with Gasteiger partial charge in [-0.3, -0.25) is 19.2 Å². The molecule has 32 heavy (non-hydrogen) atoms. The van der Waals surface area contributed by atoms with E-state index in [1.165, 1.54) is 41.5 Å². The molecule has 1 fully saturated rings. The Bertz CT molecular complexity index is 1370. The summed E-state index contributed by atoms with van der Waals surface area (Å²) in [6, 6.07) is 14.8. The van der Waals surface area contributed by atoms with E-state index in [0.717, 1.165) is 35.5 Å². The number of fused-ring (bicyclic) bond motifs is 4. The van der Waals surface area contributed by atoms with E-state index in [1.807, 2.05) is 37.5 Å². The maximum Gasteiger partial charge on any atom is 0.255 e. The van der Waals surface area contributed by atoms with Crippen LogP contribution in [-0.4, -0.2) is 31.6 Å². The summed E-state index contributed by atoms with van der Waals surface area (Å²) in [5.41, 5.74) is 7.84. The Morgan fingerprint density at radius 3 is 2.72 bits per heavy atom. The molecule has 5 heterocycles. The molecule has 1 aromatic carbocycles. The lowest BCUT2D eigenvalue weighted by atomic mass is 9.99. The minimum absolute atomic E-state index is 0. The first-order chi connectivity index (χ1) is 15.1. The van der Waals surface area contributed by atoms with Gasteiger partial charge in [0.1, 0.15) is 0 Å². The molecule has 1 atom stereocenters. The van der Waals surface area contributed by atoms with E-state index in [-0.39, 0.29) is 18.0 Å². The van der Waals surface area contributed by atoms with Crippen molar-refractivity contribution in [3.63, 3.8) is 0 Å². The molecule has 0 aliphatic carbocycles. The van der Waals surface area contributed by atoms with Gasteiger partial charge in [0.15, 0.2) is 0 Å². The Hall–Kier alpha value is -2.89. The zero-order valence-electron chi connectivity index (χ0n) is 18.4. The molecular weight excluding hydrogens is 420 g/mol. The van der Waals surface area contributed by atoms with Crippen LogP contribution in [0.1, 0.15) is 29.8 Å². The Morgan fingerprint density at radius 2 is 1.94 bits per heavy atom. The minimum atomic E-state index is -0.0305. The summed E-state index contributed by atoms with van der Waals surface area (Å²) in [7, 11) is 2.17. The van der Waals surface area contributed by atoms with Gasteiger partial charge < -0.3 is 4.57 Å². The van der Waals surface area contributed by atoms with E-state index in [0.29, 0.717) is 6.04 Å². The third kappa shape index (κ3) is 3.28. The molecule has 2 aliphatic heterocycles. The average molecular weight is 447 g/mol. The minimum Gasteiger partial charge on any atom is -0.347 e. The van der Waals surface area contributed by atoms with Gasteiger partial charge in [0.2, 0.25) is 0 Å². The van der Waals surface area contributed by atoms with Crippen LogP contribution in [0.5, 0.6) is 0 Å². The molecule has 1 unspecified atom stereocenters. The normalized spacial score (nSPS) is 17.8. The number of hydrogen-bond acceptors (Lipinski definition) is 3. The van der Waals surface area contributed by atoms with E-state index in [1.54, 1.807) is 10.6 Å². The van der Waals surface area contributed by atoms with E-state index in [4.69, 9.17) is 0 Å². The number of rotatable bonds is 2. The second-order valence-electron chi connectivity index (χ2n) is 8.97. The summed E-state index contributed by atoms with van der Waals surface area (Å²) in [4.78, 5) is 19.9. The van der Waals surface area contributed by atoms with Crippen molar-refractivity contribution < 1.29 is 0 Å². The van der Waals surface area contributed by atoms with Gasteiger partial charge in [0, 0.05) is 66.9 Å². The van der Waals surface area contributed by atoms with E-state index < -0.39 is 0 Å². The van der Waals surface area contributed by atoms with Gasteiger partial charge in [0.05, 0.1) is 11.2 Å². The van der Waals surface area contributed by atoms with Gasteiger partial charge in [-0.15, -0.1) is 12.4 Å². The second-order valence-corrected chi connectivity index (χ2v) is 8.97. The standard InChI is InChI=1S/C26H26N4O.ClH/c1-17-5-6-19(15-27-17)18-9-11-30(26(31)12-18)21-7-8-22-23-16-29-10-3-4-20(29)13-25(23)28(2)24(22)14-21;/h5-9,11-12,14-15,20H,3-4,10,13,16H2,1-2H3;1H. The van der Waals surface area contributed by atoms with E-state index >= 15 is 0 Å². The number of aromatic nitrogens is 3. The number of benzene rings is 1. The highest BCUT2D eigenvalue weighted by Crippen LogP contribution is 2.36. The van der Waals surface area contributed by atoms with E-state index in [2.05, 4.69) is 39.7 Å². The summed E-state index contributed by atoms with van der Waals surface area (Å²) in [6.07, 6.45) is 7.45. The average Bonchev–Trinajstić information content (AvgIpc) is 3.35. The number of nitrogens with zero attached hydrogens (tertiary/aromatic N) is 4. The number of aryl methyl sites for hydroxylation is 2. The molecule has 0 spiro atoms. The number of hydrogen-bond donors (Lipinski definition) is 0. The molecule has 3 aromatic heterocycles. The van der Waals surface area contributed by atoms with Crippen molar-refractivity contribution in [2.45, 2.75) is 38.8 Å². The van der Waals surface area contributed by atoms with Crippen molar-refractivity contribution in [1.82, 2.24) is 19.0 Å². The first-order valence-electron chi connectivity index (χ1n) is 11.1. The SMILES string of the molecule is Cc1ccc(-c2ccn(-c3ccc4c5c(n(C)c4c3)CC3CCCN3C5)c(=O)c2)cn1.Cl. The van der Waals surface area contributed by atoms with Crippen LogP contribution in [0, 0.1) is 6.92 Å². The van der Waals surface area contributed by atoms with Crippen molar-refractivity contribution in [3.05, 3.63) is 82.2 Å². The van der Waals surface area contributed by atoms with Gasteiger partial charge in [0.25, 0.3) is 5.56 Å². The van der Waals surface area contributed by atoms with Crippen molar-refractivity contribution in [2.24, 2.45) is 7.05 Å². The Kier molecular flexibility index (Phi) is 5.19. The molecule has 164 valence electrons. The summed E-state index contributed by atoms with van der Waals surface area (Å²) in [5, 5.41) is 1.32. The third-order valence-corrected chi connectivity index (χ3v) is 7.15. The fourth-order valence-corrected chi connectivity index (χ4v) is 5.41. The lowest BCUT2D eigenvalue weighted by Gasteiger charge is -2.30. The molecule has 0 N–H and O–H groups in total. The number of pyridine rings is 2. The van der Waals surface area contributed by atoms with Crippen LogP contribution in [0.15, 0.2) is 59.7 Å². The molecule has 6 heteroatoms. The zero-order valence-corrected chi connectivity index (χ0v) is 19.2. The van der Waals surface area contributed by atoms with Gasteiger partial charge in [-0.2, -0.15) is 0 Å². The monoisotopic (exact) mass is 446 g/mol. The largest absolute Gasteiger partial charge is 0.347 e. The maximum absolute atomic E-state index is 13.0. The van der Waals surface area contributed by atoms with E-state index in [9.17, 15) is 4.79 Å². The fourth-order valence-electron chi connectivity index (χ4n) is 5.41. The zero-order chi connectivity index (χ0) is 21.1. The molecule has 0 amide bonds. The molecule has 5 nitrogen and oxygen atoms in total. The summed E-state index contributed by atoms with van der Waals surface area (Å²) in [6.45, 7) is 4.23. The Balaban J connectivity index is 0.00000216. The van der Waals surface area contributed by atoms with Crippen LogP contribution >= 0.6 is 12.4 Å². The molecule has 0 radical (unpaired) electrons. The van der Waals surface area contributed by atoms with Crippen molar-refractivity contribution in [3.8, 4) is 16.8 Å². The van der Waals surface area contributed by atoms with Crippen molar-refractivity contribution in [1.29, 1.82) is 0 Å². The van der Waals surface area contributed by atoms with Crippen LogP contribution in [-0.2, 0) is 20.0 Å². The molecule has 2 aliphatic rings. The predicted octanol–water partition coefficient (Wildman–Crippen LogP) is 4.64. The van der Waals surface area contributed by atoms with Crippen LogP contribution in [0.4, 0.5) is 0 Å². The quantitative estimate of drug-likeness (QED) is 0.450. The lowest BCUT2D eigenvalue weighted by Crippen LogP contribution is -2.35. The van der Waals surface area contributed by atoms with Crippen molar-refractivity contribution >= 4 is 23.3 Å². The maximum atomic E-state index is 13.0.